The van der Waals surface area contributed by atoms with Crippen molar-refractivity contribution in [3.8, 4) is 0 Å². The van der Waals surface area contributed by atoms with Gasteiger partial charge in [0.2, 0.25) is 0 Å². The molecule has 2 nitrogen and oxygen atoms in total. The first-order valence-electron chi connectivity index (χ1n) is 10.8. The lowest BCUT2D eigenvalue weighted by molar-refractivity contribution is 0.241. The molecule has 0 saturated heterocycles. The Morgan fingerprint density at radius 2 is 1.90 bits per heavy atom. The summed E-state index contributed by atoms with van der Waals surface area (Å²) < 4.78 is 0. The molecular formula is C26H32N2S. The predicted octanol–water partition coefficient (Wildman–Crippen LogP) is 6.31. The van der Waals surface area contributed by atoms with E-state index in [1.807, 2.05) is 11.8 Å². The van der Waals surface area contributed by atoms with Crippen molar-refractivity contribution >= 4 is 22.7 Å². The number of hydrogen-bond acceptors (Lipinski definition) is 2. The molecule has 29 heavy (non-hydrogen) atoms. The third-order valence-electron chi connectivity index (χ3n) is 6.39. The fraction of sp³-hybridized carbons (Fsp3) is 0.385. The highest BCUT2D eigenvalue weighted by molar-refractivity contribution is 7.98. The molecule has 1 N–H and O–H groups in total. The normalized spacial score (nSPS) is 16.2. The van der Waals surface area contributed by atoms with E-state index in [-0.39, 0.29) is 0 Å². The SMILES string of the molecule is C=C(CSC)N1CCc2cc(CC)c(CC)cc2C1Cc1c[nH]c2ccccc12. The molecule has 0 radical (unpaired) electrons. The summed E-state index contributed by atoms with van der Waals surface area (Å²) in [6.45, 7) is 10.1. The number of aromatic nitrogens is 1. The lowest BCUT2D eigenvalue weighted by Gasteiger charge is -2.41. The Labute approximate surface area is 179 Å². The van der Waals surface area contributed by atoms with E-state index in [9.17, 15) is 0 Å². The number of thioether (sulfide) groups is 1. The highest BCUT2D eigenvalue weighted by atomic mass is 32.2. The van der Waals surface area contributed by atoms with Crippen LogP contribution < -0.4 is 0 Å². The Morgan fingerprint density at radius 1 is 1.14 bits per heavy atom. The summed E-state index contributed by atoms with van der Waals surface area (Å²) in [4.78, 5) is 6.04. The quantitative estimate of drug-likeness (QED) is 0.497. The molecule has 0 amide bonds. The Hall–Kier alpha value is -2.13. The molecule has 1 aromatic heterocycles. The summed E-state index contributed by atoms with van der Waals surface area (Å²) >= 11 is 1.86. The monoisotopic (exact) mass is 404 g/mol. The number of aromatic amines is 1. The van der Waals surface area contributed by atoms with Gasteiger partial charge in [-0.1, -0.05) is 50.8 Å². The van der Waals surface area contributed by atoms with Crippen LogP contribution in [0.3, 0.4) is 0 Å². The highest BCUT2D eigenvalue weighted by Gasteiger charge is 2.29. The Morgan fingerprint density at radius 3 is 2.66 bits per heavy atom. The number of rotatable bonds is 7. The maximum atomic E-state index is 4.46. The molecule has 2 aromatic carbocycles. The number of para-hydroxylation sites is 1. The number of benzene rings is 2. The maximum absolute atomic E-state index is 4.46. The Balaban J connectivity index is 1.78. The van der Waals surface area contributed by atoms with Crippen LogP contribution >= 0.6 is 11.8 Å². The molecule has 0 bridgehead atoms. The van der Waals surface area contributed by atoms with Crippen LogP contribution in [0.15, 0.2) is 54.9 Å². The van der Waals surface area contributed by atoms with Gasteiger partial charge in [0, 0.05) is 35.1 Å². The topological polar surface area (TPSA) is 19.0 Å². The highest BCUT2D eigenvalue weighted by Crippen LogP contribution is 2.38. The molecule has 0 aliphatic carbocycles. The molecule has 0 fully saturated rings. The molecule has 1 aliphatic heterocycles. The average Bonchev–Trinajstić information content (AvgIpc) is 3.16. The van der Waals surface area contributed by atoms with Crippen molar-refractivity contribution in [3.63, 3.8) is 0 Å². The van der Waals surface area contributed by atoms with E-state index in [0.29, 0.717) is 6.04 Å². The average molecular weight is 405 g/mol. The fourth-order valence-electron chi connectivity index (χ4n) is 4.87. The van der Waals surface area contributed by atoms with Crippen molar-refractivity contribution in [2.24, 2.45) is 0 Å². The molecule has 2 heterocycles. The first-order chi connectivity index (χ1) is 14.2. The van der Waals surface area contributed by atoms with Gasteiger partial charge in [0.25, 0.3) is 0 Å². The summed E-state index contributed by atoms with van der Waals surface area (Å²) in [5.74, 6) is 0.993. The molecule has 1 aliphatic rings. The van der Waals surface area contributed by atoms with E-state index < -0.39 is 0 Å². The number of aryl methyl sites for hydroxylation is 2. The molecule has 0 spiro atoms. The summed E-state index contributed by atoms with van der Waals surface area (Å²) in [5.41, 5.74) is 9.96. The van der Waals surface area contributed by atoms with E-state index in [1.165, 1.54) is 44.4 Å². The third-order valence-corrected chi connectivity index (χ3v) is 7.01. The summed E-state index contributed by atoms with van der Waals surface area (Å²) in [5, 5.41) is 1.34. The van der Waals surface area contributed by atoms with Crippen LogP contribution in [0, 0.1) is 0 Å². The van der Waals surface area contributed by atoms with Crippen LogP contribution in [-0.2, 0) is 25.7 Å². The van der Waals surface area contributed by atoms with Gasteiger partial charge >= 0.3 is 0 Å². The molecular weight excluding hydrogens is 372 g/mol. The smallest absolute Gasteiger partial charge is 0.0583 e. The molecule has 152 valence electrons. The van der Waals surface area contributed by atoms with Gasteiger partial charge in [0.05, 0.1) is 6.04 Å². The van der Waals surface area contributed by atoms with Crippen molar-refractivity contribution in [2.45, 2.75) is 45.6 Å². The van der Waals surface area contributed by atoms with Gasteiger partial charge in [-0.05, 0) is 65.8 Å². The van der Waals surface area contributed by atoms with Crippen LogP contribution in [0.1, 0.15) is 47.7 Å². The second kappa shape index (κ2) is 8.71. The molecule has 1 atom stereocenters. The van der Waals surface area contributed by atoms with Gasteiger partial charge in [-0.3, -0.25) is 0 Å². The summed E-state index contributed by atoms with van der Waals surface area (Å²) in [6, 6.07) is 14.0. The van der Waals surface area contributed by atoms with Crippen molar-refractivity contribution in [2.75, 3.05) is 18.6 Å². The minimum Gasteiger partial charge on any atom is -0.367 e. The van der Waals surface area contributed by atoms with E-state index in [0.717, 1.165) is 38.0 Å². The standard InChI is InChI=1S/C26H32N2S/c1-5-19-13-21-11-12-28(18(3)17-29-4)26(24(21)14-20(19)6-2)15-22-16-27-25-10-8-7-9-23(22)25/h7-10,13-14,16,26-27H,3,5-6,11-12,15,17H2,1-2,4H3. The summed E-state index contributed by atoms with van der Waals surface area (Å²) in [7, 11) is 0. The number of nitrogens with zero attached hydrogens (tertiary/aromatic N) is 1. The summed E-state index contributed by atoms with van der Waals surface area (Å²) in [6.07, 6.45) is 8.72. The van der Waals surface area contributed by atoms with Gasteiger partial charge < -0.3 is 9.88 Å². The van der Waals surface area contributed by atoms with Crippen LogP contribution in [-0.4, -0.2) is 28.4 Å². The van der Waals surface area contributed by atoms with E-state index >= 15 is 0 Å². The fourth-order valence-corrected chi connectivity index (χ4v) is 5.37. The van der Waals surface area contributed by atoms with Crippen molar-refractivity contribution < 1.29 is 0 Å². The zero-order chi connectivity index (χ0) is 20.4. The first kappa shape index (κ1) is 20.2. The van der Waals surface area contributed by atoms with Gasteiger partial charge in [0.1, 0.15) is 0 Å². The van der Waals surface area contributed by atoms with E-state index in [1.54, 1.807) is 0 Å². The number of nitrogens with one attached hydrogen (secondary N) is 1. The van der Waals surface area contributed by atoms with Gasteiger partial charge in [-0.25, -0.2) is 0 Å². The Kier molecular flexibility index (Phi) is 6.05. The molecule has 3 aromatic rings. The van der Waals surface area contributed by atoms with Gasteiger partial charge in [0.15, 0.2) is 0 Å². The molecule has 3 heteroatoms. The number of fused-ring (bicyclic) bond motifs is 2. The Bertz CT molecular complexity index is 1020. The van der Waals surface area contributed by atoms with Crippen molar-refractivity contribution in [3.05, 3.63) is 82.7 Å². The second-order valence-electron chi connectivity index (χ2n) is 8.05. The van der Waals surface area contributed by atoms with Crippen molar-refractivity contribution in [1.29, 1.82) is 0 Å². The lowest BCUT2D eigenvalue weighted by atomic mass is 9.84. The molecule has 1 unspecified atom stereocenters. The van der Waals surface area contributed by atoms with Crippen LogP contribution in [0.25, 0.3) is 10.9 Å². The van der Waals surface area contributed by atoms with E-state index in [2.05, 4.69) is 79.2 Å². The minimum absolute atomic E-state index is 0.355. The largest absolute Gasteiger partial charge is 0.367 e. The first-order valence-corrected chi connectivity index (χ1v) is 12.2. The number of hydrogen-bond donors (Lipinski definition) is 1. The van der Waals surface area contributed by atoms with Crippen LogP contribution in [0.5, 0.6) is 0 Å². The lowest BCUT2D eigenvalue weighted by Crippen LogP contribution is -2.36. The number of H-pyrrole nitrogens is 1. The van der Waals surface area contributed by atoms with Crippen LogP contribution in [0.4, 0.5) is 0 Å². The van der Waals surface area contributed by atoms with E-state index in [4.69, 9.17) is 0 Å². The van der Waals surface area contributed by atoms with Crippen LogP contribution in [0.2, 0.25) is 0 Å². The molecule has 4 rings (SSSR count). The zero-order valence-electron chi connectivity index (χ0n) is 17.9. The van der Waals surface area contributed by atoms with Gasteiger partial charge in [-0.2, -0.15) is 11.8 Å². The molecule has 0 saturated carbocycles. The maximum Gasteiger partial charge on any atom is 0.0583 e. The zero-order valence-corrected chi connectivity index (χ0v) is 18.7. The predicted molar refractivity (Wildman–Crippen MR) is 128 cm³/mol. The third kappa shape index (κ3) is 3.85. The van der Waals surface area contributed by atoms with Gasteiger partial charge in [-0.15, -0.1) is 0 Å². The van der Waals surface area contributed by atoms with Crippen molar-refractivity contribution in [1.82, 2.24) is 9.88 Å². The minimum atomic E-state index is 0.355. The second-order valence-corrected chi connectivity index (χ2v) is 8.91.